The standard InChI is InChI=1S/C12H16F3NOS.C2H6/c1-8-5-6-10(9(7-8)12(13,14)15)18(17)16-11(2,3)4;1-2/h5-7,16H,1-4H3;1-2H3. The normalized spacial score (nSPS) is 13.4. The highest BCUT2D eigenvalue weighted by Gasteiger charge is 2.35. The van der Waals surface area contributed by atoms with E-state index >= 15 is 0 Å². The molecule has 20 heavy (non-hydrogen) atoms. The molecule has 0 saturated carbocycles. The maximum absolute atomic E-state index is 12.9. The van der Waals surface area contributed by atoms with Crippen molar-refractivity contribution < 1.29 is 17.4 Å². The summed E-state index contributed by atoms with van der Waals surface area (Å²) < 4.78 is 53.2. The van der Waals surface area contributed by atoms with E-state index in [2.05, 4.69) is 4.72 Å². The van der Waals surface area contributed by atoms with Gasteiger partial charge in [0.25, 0.3) is 0 Å². The molecule has 116 valence electrons. The summed E-state index contributed by atoms with van der Waals surface area (Å²) in [6.07, 6.45) is -4.50. The highest BCUT2D eigenvalue weighted by molar-refractivity contribution is 7.83. The number of hydrogen-bond donors (Lipinski definition) is 1. The summed E-state index contributed by atoms with van der Waals surface area (Å²) in [4.78, 5) is -0.233. The minimum atomic E-state index is -4.50. The second-order valence-corrected chi connectivity index (χ2v) is 6.30. The number of hydrogen-bond acceptors (Lipinski definition) is 1. The first-order valence-electron chi connectivity index (χ1n) is 6.38. The maximum Gasteiger partial charge on any atom is 0.417 e. The third-order valence-corrected chi connectivity index (χ3v) is 3.59. The van der Waals surface area contributed by atoms with Crippen LogP contribution in [0.5, 0.6) is 0 Å². The van der Waals surface area contributed by atoms with Crippen molar-refractivity contribution in [3.63, 3.8) is 0 Å². The summed E-state index contributed by atoms with van der Waals surface area (Å²) in [6, 6.07) is 3.79. The van der Waals surface area contributed by atoms with Crippen molar-refractivity contribution in [2.24, 2.45) is 0 Å². The lowest BCUT2D eigenvalue weighted by Crippen LogP contribution is -2.37. The van der Waals surface area contributed by atoms with Crippen LogP contribution < -0.4 is 4.72 Å². The van der Waals surface area contributed by atoms with Crippen molar-refractivity contribution in [3.05, 3.63) is 29.3 Å². The van der Waals surface area contributed by atoms with Gasteiger partial charge < -0.3 is 0 Å². The molecule has 1 unspecified atom stereocenters. The molecule has 1 atom stereocenters. The quantitative estimate of drug-likeness (QED) is 0.859. The highest BCUT2D eigenvalue weighted by atomic mass is 32.2. The summed E-state index contributed by atoms with van der Waals surface area (Å²) in [6.45, 7) is 10.8. The fraction of sp³-hybridized carbons (Fsp3) is 0.571. The number of alkyl halides is 3. The Kier molecular flexibility index (Phi) is 6.90. The average Bonchev–Trinajstić information content (AvgIpc) is 2.28. The van der Waals surface area contributed by atoms with Gasteiger partial charge in [-0.3, -0.25) is 0 Å². The molecule has 1 N–H and O–H groups in total. The number of benzene rings is 1. The first-order valence-corrected chi connectivity index (χ1v) is 7.53. The van der Waals surface area contributed by atoms with E-state index in [-0.39, 0.29) is 4.90 Å². The molecular weight excluding hydrogens is 287 g/mol. The molecule has 0 spiro atoms. The molecule has 2 nitrogen and oxygen atoms in total. The Bertz CT molecular complexity index is 464. The van der Waals surface area contributed by atoms with Gasteiger partial charge in [0.2, 0.25) is 0 Å². The average molecular weight is 309 g/mol. The lowest BCUT2D eigenvalue weighted by atomic mass is 10.1. The first kappa shape index (κ1) is 19.1. The monoisotopic (exact) mass is 309 g/mol. The van der Waals surface area contributed by atoms with E-state index in [1.165, 1.54) is 12.1 Å². The van der Waals surface area contributed by atoms with E-state index < -0.39 is 28.3 Å². The van der Waals surface area contributed by atoms with Crippen LogP contribution in [0.2, 0.25) is 0 Å². The summed E-state index contributed by atoms with van der Waals surface area (Å²) in [5, 5.41) is 0. The van der Waals surface area contributed by atoms with E-state index in [1.807, 2.05) is 13.8 Å². The van der Waals surface area contributed by atoms with Crippen molar-refractivity contribution in [2.75, 3.05) is 0 Å². The zero-order valence-corrected chi connectivity index (χ0v) is 13.5. The van der Waals surface area contributed by atoms with Gasteiger partial charge in [0, 0.05) is 5.54 Å². The zero-order valence-electron chi connectivity index (χ0n) is 12.7. The van der Waals surface area contributed by atoms with Gasteiger partial charge in [-0.1, -0.05) is 25.5 Å². The molecule has 0 aromatic heterocycles. The molecule has 6 heteroatoms. The van der Waals surface area contributed by atoms with Crippen molar-refractivity contribution in [3.8, 4) is 0 Å². The highest BCUT2D eigenvalue weighted by Crippen LogP contribution is 2.34. The lowest BCUT2D eigenvalue weighted by Gasteiger charge is -2.21. The molecule has 0 bridgehead atoms. The van der Waals surface area contributed by atoms with Gasteiger partial charge in [-0.2, -0.15) is 13.2 Å². The van der Waals surface area contributed by atoms with Gasteiger partial charge in [0.15, 0.2) is 0 Å². The van der Waals surface area contributed by atoms with Crippen LogP contribution in [0.15, 0.2) is 23.1 Å². The van der Waals surface area contributed by atoms with E-state index in [0.29, 0.717) is 5.56 Å². The van der Waals surface area contributed by atoms with Gasteiger partial charge in [-0.25, -0.2) is 8.93 Å². The Morgan fingerprint density at radius 2 is 1.60 bits per heavy atom. The van der Waals surface area contributed by atoms with Crippen LogP contribution in [-0.2, 0) is 17.2 Å². The maximum atomic E-state index is 12.9. The van der Waals surface area contributed by atoms with Crippen LogP contribution in [0.4, 0.5) is 13.2 Å². The summed E-state index contributed by atoms with van der Waals surface area (Å²) >= 11 is 0. The van der Waals surface area contributed by atoms with Gasteiger partial charge in [0.1, 0.15) is 11.0 Å². The predicted molar refractivity (Wildman–Crippen MR) is 76.8 cm³/mol. The number of halogens is 3. The molecule has 0 saturated heterocycles. The summed E-state index contributed by atoms with van der Waals surface area (Å²) in [7, 11) is -1.89. The van der Waals surface area contributed by atoms with Crippen LogP contribution in [0.1, 0.15) is 45.7 Å². The number of nitrogens with one attached hydrogen (secondary N) is 1. The topological polar surface area (TPSA) is 29.1 Å². The van der Waals surface area contributed by atoms with Crippen molar-refractivity contribution in [1.29, 1.82) is 0 Å². The SMILES string of the molecule is CC.Cc1ccc(S(=O)NC(C)(C)C)c(C(F)(F)F)c1. The third kappa shape index (κ3) is 6.05. The third-order valence-electron chi connectivity index (χ3n) is 2.04. The minimum absolute atomic E-state index is 0.233. The smallest absolute Gasteiger partial charge is 0.237 e. The fourth-order valence-corrected chi connectivity index (χ4v) is 2.59. The molecule has 0 radical (unpaired) electrons. The van der Waals surface area contributed by atoms with Crippen molar-refractivity contribution in [1.82, 2.24) is 4.72 Å². The fourth-order valence-electron chi connectivity index (χ4n) is 1.36. The van der Waals surface area contributed by atoms with Crippen molar-refractivity contribution in [2.45, 2.75) is 58.2 Å². The molecule has 1 rings (SSSR count). The van der Waals surface area contributed by atoms with Crippen LogP contribution in [-0.4, -0.2) is 9.75 Å². The number of rotatable bonds is 2. The van der Waals surface area contributed by atoms with Gasteiger partial charge in [-0.15, -0.1) is 0 Å². The molecular formula is C14H22F3NOS. The molecule has 0 fully saturated rings. The molecule has 1 aromatic rings. The molecule has 0 aliphatic rings. The molecule has 0 aliphatic carbocycles. The molecule has 0 heterocycles. The molecule has 0 amide bonds. The zero-order chi connectivity index (χ0) is 16.1. The van der Waals surface area contributed by atoms with Crippen LogP contribution >= 0.6 is 0 Å². The Morgan fingerprint density at radius 3 is 2.00 bits per heavy atom. The second kappa shape index (κ2) is 7.22. The minimum Gasteiger partial charge on any atom is -0.237 e. The summed E-state index contributed by atoms with van der Waals surface area (Å²) in [5.41, 5.74) is -0.894. The Balaban J connectivity index is 0.00000172. The second-order valence-electron chi connectivity index (χ2n) is 5.12. The van der Waals surface area contributed by atoms with Gasteiger partial charge in [0.05, 0.1) is 10.5 Å². The largest absolute Gasteiger partial charge is 0.417 e. The van der Waals surface area contributed by atoms with E-state index in [1.54, 1.807) is 27.7 Å². The molecule has 1 aromatic carbocycles. The Morgan fingerprint density at radius 1 is 1.10 bits per heavy atom. The Hall–Kier alpha value is -0.880. The lowest BCUT2D eigenvalue weighted by molar-refractivity contribution is -0.139. The van der Waals surface area contributed by atoms with E-state index in [0.717, 1.165) is 6.07 Å². The Labute approximate surface area is 121 Å². The summed E-state index contributed by atoms with van der Waals surface area (Å²) in [5.74, 6) is 0. The van der Waals surface area contributed by atoms with Gasteiger partial charge >= 0.3 is 6.18 Å². The van der Waals surface area contributed by atoms with Gasteiger partial charge in [-0.05, 0) is 39.8 Å². The van der Waals surface area contributed by atoms with Crippen molar-refractivity contribution >= 4 is 11.0 Å². The van der Waals surface area contributed by atoms with E-state index in [4.69, 9.17) is 0 Å². The number of aryl methyl sites for hydroxylation is 1. The van der Waals surface area contributed by atoms with Crippen LogP contribution in [0.25, 0.3) is 0 Å². The molecule has 0 aliphatic heterocycles. The van der Waals surface area contributed by atoms with Crippen LogP contribution in [0.3, 0.4) is 0 Å². The predicted octanol–water partition coefficient (Wildman–Crippen LogP) is 4.45. The van der Waals surface area contributed by atoms with Crippen LogP contribution in [0, 0.1) is 6.92 Å². The van der Waals surface area contributed by atoms with E-state index in [9.17, 15) is 17.4 Å². The first-order chi connectivity index (χ1) is 9.00.